The second-order valence-electron chi connectivity index (χ2n) is 3.95. The van der Waals surface area contributed by atoms with Crippen LogP contribution in [0.4, 0.5) is 11.6 Å². The van der Waals surface area contributed by atoms with Gasteiger partial charge in [-0.3, -0.25) is 0 Å². The van der Waals surface area contributed by atoms with Gasteiger partial charge in [-0.25, -0.2) is 15.0 Å². The third-order valence-corrected chi connectivity index (χ3v) is 3.21. The fraction of sp³-hybridized carbons (Fsp3) is 0.417. The Hall–Kier alpha value is -1.89. The van der Waals surface area contributed by atoms with Crippen LogP contribution in [0.3, 0.4) is 0 Å². The zero-order chi connectivity index (χ0) is 13.7. The summed E-state index contributed by atoms with van der Waals surface area (Å²) in [5, 5.41) is 5.19. The third kappa shape index (κ3) is 3.11. The monoisotopic (exact) mass is 279 g/mol. The van der Waals surface area contributed by atoms with Crippen molar-refractivity contribution in [3.05, 3.63) is 22.9 Å². The van der Waals surface area contributed by atoms with E-state index in [4.69, 9.17) is 4.74 Å². The lowest BCUT2D eigenvalue weighted by Crippen LogP contribution is -2.19. The minimum Gasteiger partial charge on any atom is -0.490 e. The van der Waals surface area contributed by atoms with Gasteiger partial charge in [-0.05, 0) is 6.92 Å². The van der Waals surface area contributed by atoms with Crippen molar-refractivity contribution in [2.45, 2.75) is 13.5 Å². The number of methoxy groups -OCH3 is 1. The van der Waals surface area contributed by atoms with Crippen LogP contribution in [0.1, 0.15) is 12.6 Å². The Bertz CT molecular complexity index is 517. The Kier molecular flexibility index (Phi) is 4.51. The lowest BCUT2D eigenvalue weighted by atomic mass is 10.4. The van der Waals surface area contributed by atoms with Crippen LogP contribution in [-0.2, 0) is 6.54 Å². The molecule has 7 heteroatoms. The van der Waals surface area contributed by atoms with Crippen LogP contribution in [0.5, 0.6) is 5.75 Å². The summed E-state index contributed by atoms with van der Waals surface area (Å²) in [5.74, 6) is 2.11. The highest BCUT2D eigenvalue weighted by atomic mass is 32.1. The summed E-state index contributed by atoms with van der Waals surface area (Å²) in [6.45, 7) is 3.48. The fourth-order valence-electron chi connectivity index (χ4n) is 1.75. The zero-order valence-corrected chi connectivity index (χ0v) is 12.1. The van der Waals surface area contributed by atoms with E-state index in [0.717, 1.165) is 18.1 Å². The summed E-state index contributed by atoms with van der Waals surface area (Å²) in [6.07, 6.45) is 1.54. The Morgan fingerprint density at radius 2 is 2.21 bits per heavy atom. The molecule has 2 rings (SSSR count). The van der Waals surface area contributed by atoms with E-state index in [0.29, 0.717) is 18.1 Å². The number of thiazole rings is 1. The van der Waals surface area contributed by atoms with Gasteiger partial charge in [0.05, 0.1) is 24.9 Å². The highest BCUT2D eigenvalue weighted by molar-refractivity contribution is 7.07. The van der Waals surface area contributed by atoms with E-state index < -0.39 is 0 Å². The van der Waals surface area contributed by atoms with E-state index in [1.165, 1.54) is 6.33 Å². The van der Waals surface area contributed by atoms with Crippen LogP contribution in [0.25, 0.3) is 0 Å². The Morgan fingerprint density at radius 3 is 2.84 bits per heavy atom. The number of hydrogen-bond acceptors (Lipinski definition) is 7. The van der Waals surface area contributed by atoms with E-state index >= 15 is 0 Å². The van der Waals surface area contributed by atoms with E-state index in [2.05, 4.69) is 20.3 Å². The largest absolute Gasteiger partial charge is 0.490 e. The third-order valence-electron chi connectivity index (χ3n) is 2.58. The number of aromatic nitrogens is 3. The Morgan fingerprint density at radius 1 is 1.37 bits per heavy atom. The van der Waals surface area contributed by atoms with E-state index in [1.807, 2.05) is 29.8 Å². The van der Waals surface area contributed by atoms with Crippen LogP contribution < -0.4 is 15.0 Å². The molecule has 0 saturated heterocycles. The number of ether oxygens (including phenoxy) is 1. The van der Waals surface area contributed by atoms with Gasteiger partial charge >= 0.3 is 0 Å². The highest BCUT2D eigenvalue weighted by Crippen LogP contribution is 2.31. The number of nitrogens with one attached hydrogen (secondary N) is 1. The van der Waals surface area contributed by atoms with Crippen molar-refractivity contribution in [2.24, 2.45) is 0 Å². The summed E-state index contributed by atoms with van der Waals surface area (Å²) in [6, 6.07) is 0. The first-order valence-corrected chi connectivity index (χ1v) is 6.91. The molecule has 0 radical (unpaired) electrons. The molecule has 6 nitrogen and oxygen atoms in total. The second-order valence-corrected chi connectivity index (χ2v) is 4.66. The molecule has 0 aliphatic carbocycles. The molecule has 0 unspecified atom stereocenters. The SMILES string of the molecule is CCNc1ncnc(N(C)Cc2cscn2)c1OC. The van der Waals surface area contributed by atoms with Crippen molar-refractivity contribution in [1.82, 2.24) is 15.0 Å². The van der Waals surface area contributed by atoms with Crippen molar-refractivity contribution < 1.29 is 4.74 Å². The first-order valence-electron chi connectivity index (χ1n) is 5.97. The number of hydrogen-bond donors (Lipinski definition) is 1. The molecule has 19 heavy (non-hydrogen) atoms. The molecule has 0 spiro atoms. The molecular weight excluding hydrogens is 262 g/mol. The molecule has 0 atom stereocenters. The van der Waals surface area contributed by atoms with Crippen molar-refractivity contribution in [3.63, 3.8) is 0 Å². The number of rotatable bonds is 6. The molecule has 0 aromatic carbocycles. The van der Waals surface area contributed by atoms with Gasteiger partial charge in [-0.1, -0.05) is 0 Å². The van der Waals surface area contributed by atoms with Gasteiger partial charge in [-0.15, -0.1) is 11.3 Å². The average Bonchev–Trinajstić information content (AvgIpc) is 2.91. The van der Waals surface area contributed by atoms with Crippen molar-refractivity contribution in [3.8, 4) is 5.75 Å². The number of anilines is 2. The van der Waals surface area contributed by atoms with Crippen LogP contribution in [0, 0.1) is 0 Å². The van der Waals surface area contributed by atoms with Crippen molar-refractivity contribution in [2.75, 3.05) is 30.9 Å². The summed E-state index contributed by atoms with van der Waals surface area (Å²) in [5.41, 5.74) is 2.84. The average molecular weight is 279 g/mol. The molecule has 2 aromatic rings. The number of nitrogens with zero attached hydrogens (tertiary/aromatic N) is 4. The summed E-state index contributed by atoms with van der Waals surface area (Å²) in [4.78, 5) is 14.8. The Labute approximate surface area is 116 Å². The molecule has 0 amide bonds. The molecule has 0 aliphatic heterocycles. The minimum absolute atomic E-state index is 0.655. The fourth-order valence-corrected chi connectivity index (χ4v) is 2.30. The maximum absolute atomic E-state index is 5.42. The van der Waals surface area contributed by atoms with Crippen LogP contribution in [0.2, 0.25) is 0 Å². The van der Waals surface area contributed by atoms with Crippen LogP contribution in [-0.4, -0.2) is 35.7 Å². The molecule has 2 aromatic heterocycles. The van der Waals surface area contributed by atoms with Gasteiger partial charge in [0.1, 0.15) is 6.33 Å². The quantitative estimate of drug-likeness (QED) is 0.872. The predicted molar refractivity (Wildman–Crippen MR) is 77.0 cm³/mol. The predicted octanol–water partition coefficient (Wildman–Crippen LogP) is 2.01. The highest BCUT2D eigenvalue weighted by Gasteiger charge is 2.15. The van der Waals surface area contributed by atoms with Gasteiger partial charge in [-0.2, -0.15) is 0 Å². The van der Waals surface area contributed by atoms with Gasteiger partial charge in [0, 0.05) is 19.0 Å². The van der Waals surface area contributed by atoms with Gasteiger partial charge < -0.3 is 15.0 Å². The molecule has 0 aliphatic rings. The molecule has 102 valence electrons. The topological polar surface area (TPSA) is 63.2 Å². The lowest BCUT2D eigenvalue weighted by molar-refractivity contribution is 0.412. The minimum atomic E-state index is 0.655. The zero-order valence-electron chi connectivity index (χ0n) is 11.3. The van der Waals surface area contributed by atoms with Crippen LogP contribution >= 0.6 is 11.3 Å². The van der Waals surface area contributed by atoms with E-state index in [1.54, 1.807) is 18.4 Å². The normalized spacial score (nSPS) is 10.3. The van der Waals surface area contributed by atoms with Crippen molar-refractivity contribution >= 4 is 23.0 Å². The molecular formula is C12H17N5OS. The maximum atomic E-state index is 5.42. The summed E-state index contributed by atoms with van der Waals surface area (Å²) >= 11 is 1.58. The molecule has 0 fully saturated rings. The van der Waals surface area contributed by atoms with E-state index in [9.17, 15) is 0 Å². The van der Waals surface area contributed by atoms with Gasteiger partial charge in [0.2, 0.25) is 5.75 Å². The first-order chi connectivity index (χ1) is 9.26. The van der Waals surface area contributed by atoms with Crippen molar-refractivity contribution in [1.29, 1.82) is 0 Å². The van der Waals surface area contributed by atoms with Crippen LogP contribution in [0.15, 0.2) is 17.2 Å². The van der Waals surface area contributed by atoms with Gasteiger partial charge in [0.15, 0.2) is 11.6 Å². The first kappa shape index (κ1) is 13.5. The molecule has 0 bridgehead atoms. The summed E-state index contributed by atoms with van der Waals surface area (Å²) in [7, 11) is 3.58. The lowest BCUT2D eigenvalue weighted by Gasteiger charge is -2.20. The molecule has 1 N–H and O–H groups in total. The molecule has 2 heterocycles. The Balaban J connectivity index is 2.25. The second kappa shape index (κ2) is 6.33. The summed E-state index contributed by atoms with van der Waals surface area (Å²) < 4.78 is 5.42. The molecule has 0 saturated carbocycles. The maximum Gasteiger partial charge on any atom is 0.204 e. The van der Waals surface area contributed by atoms with E-state index in [-0.39, 0.29) is 0 Å². The smallest absolute Gasteiger partial charge is 0.204 e. The van der Waals surface area contributed by atoms with Gasteiger partial charge in [0.25, 0.3) is 0 Å². The standard InChI is InChI=1S/C12H17N5OS/c1-4-13-11-10(18-3)12(15-7-14-11)17(2)5-9-6-19-8-16-9/h6-8H,4-5H2,1-3H3,(H,13,14,15).